The van der Waals surface area contributed by atoms with Crippen LogP contribution in [0.4, 0.5) is 0 Å². The maximum atomic E-state index is 5.62. The van der Waals surface area contributed by atoms with Gasteiger partial charge >= 0.3 is 0 Å². The summed E-state index contributed by atoms with van der Waals surface area (Å²) in [5, 5.41) is 1.03. The lowest BCUT2D eigenvalue weighted by Crippen LogP contribution is -1.92. The second kappa shape index (κ2) is 4.43. The van der Waals surface area contributed by atoms with Crippen LogP contribution in [0.1, 0.15) is 10.4 Å². The smallest absolute Gasteiger partial charge is 0.125 e. The number of halogens is 1. The molecule has 0 aliphatic heterocycles. The molecule has 78 valence electrons. The van der Waals surface area contributed by atoms with Crippen molar-refractivity contribution in [1.82, 2.24) is 4.98 Å². The van der Waals surface area contributed by atoms with Gasteiger partial charge in [0.1, 0.15) is 9.61 Å². The molecule has 1 aromatic heterocycles. The summed E-state index contributed by atoms with van der Waals surface area (Å²) in [6, 6.07) is 8.23. The van der Waals surface area contributed by atoms with Crippen molar-refractivity contribution in [2.24, 2.45) is 5.73 Å². The van der Waals surface area contributed by atoms with E-state index in [9.17, 15) is 0 Å². The van der Waals surface area contributed by atoms with Crippen LogP contribution in [-0.2, 0) is 6.54 Å². The van der Waals surface area contributed by atoms with Gasteiger partial charge in [-0.05, 0) is 28.4 Å². The lowest BCUT2D eigenvalue weighted by Gasteiger charge is -1.99. The molecule has 1 heterocycles. The van der Waals surface area contributed by atoms with E-state index in [0.717, 1.165) is 14.5 Å². The van der Waals surface area contributed by atoms with Crippen LogP contribution >= 0.6 is 27.3 Å². The highest BCUT2D eigenvalue weighted by atomic mass is 79.9. The first kappa shape index (κ1) is 10.8. The molecule has 4 heteroatoms. The molecule has 0 atom stereocenters. The average molecular weight is 283 g/mol. The van der Waals surface area contributed by atoms with Crippen molar-refractivity contribution in [3.8, 4) is 10.6 Å². The first-order valence-corrected chi connectivity index (χ1v) is 6.24. The molecule has 0 unspecified atom stereocenters. The Morgan fingerprint density at radius 1 is 1.40 bits per heavy atom. The van der Waals surface area contributed by atoms with E-state index in [2.05, 4.69) is 40.0 Å². The molecule has 0 bridgehead atoms. The zero-order valence-electron chi connectivity index (χ0n) is 8.33. The fourth-order valence-electron chi connectivity index (χ4n) is 1.39. The summed E-state index contributed by atoms with van der Waals surface area (Å²) in [7, 11) is 0. The zero-order valence-corrected chi connectivity index (χ0v) is 10.7. The Bertz CT molecular complexity index is 479. The molecule has 0 saturated heterocycles. The van der Waals surface area contributed by atoms with E-state index in [0.29, 0.717) is 6.54 Å². The monoisotopic (exact) mass is 282 g/mol. The molecule has 0 spiro atoms. The highest BCUT2D eigenvalue weighted by Crippen LogP contribution is 2.32. The number of thiazole rings is 1. The zero-order chi connectivity index (χ0) is 10.8. The van der Waals surface area contributed by atoms with Gasteiger partial charge in [-0.15, -0.1) is 11.3 Å². The van der Waals surface area contributed by atoms with Gasteiger partial charge in [0, 0.05) is 12.1 Å². The minimum Gasteiger partial charge on any atom is -0.326 e. The summed E-state index contributed by atoms with van der Waals surface area (Å²) < 4.78 is 0.869. The van der Waals surface area contributed by atoms with Crippen LogP contribution in [0.15, 0.2) is 28.9 Å². The van der Waals surface area contributed by atoms with Gasteiger partial charge in [-0.25, -0.2) is 4.98 Å². The van der Waals surface area contributed by atoms with Crippen LogP contribution in [-0.4, -0.2) is 4.98 Å². The minimum absolute atomic E-state index is 0.532. The van der Waals surface area contributed by atoms with Crippen molar-refractivity contribution >= 4 is 27.3 Å². The number of rotatable bonds is 2. The van der Waals surface area contributed by atoms with Crippen molar-refractivity contribution in [2.75, 3.05) is 0 Å². The fourth-order valence-corrected chi connectivity index (χ4v) is 3.01. The molecule has 1 aromatic carbocycles. The predicted octanol–water partition coefficient (Wildman–Crippen LogP) is 3.34. The molecule has 2 aromatic rings. The summed E-state index contributed by atoms with van der Waals surface area (Å²) in [5.74, 6) is 0. The number of nitrogens with zero attached hydrogens (tertiary/aromatic N) is 1. The van der Waals surface area contributed by atoms with Crippen LogP contribution in [0.25, 0.3) is 10.6 Å². The summed E-state index contributed by atoms with van der Waals surface area (Å²) in [5.41, 5.74) is 8.04. The average Bonchev–Trinajstić information content (AvgIpc) is 2.60. The molecule has 0 saturated carbocycles. The van der Waals surface area contributed by atoms with Crippen LogP contribution in [0.2, 0.25) is 0 Å². The van der Waals surface area contributed by atoms with E-state index >= 15 is 0 Å². The lowest BCUT2D eigenvalue weighted by molar-refractivity contribution is 1.08. The quantitative estimate of drug-likeness (QED) is 0.918. The van der Waals surface area contributed by atoms with E-state index in [1.807, 2.05) is 12.1 Å². The second-order valence-electron chi connectivity index (χ2n) is 3.25. The van der Waals surface area contributed by atoms with E-state index in [4.69, 9.17) is 5.73 Å². The summed E-state index contributed by atoms with van der Waals surface area (Å²) in [6.45, 7) is 2.62. The van der Waals surface area contributed by atoms with Crippen molar-refractivity contribution in [3.05, 3.63) is 39.3 Å². The van der Waals surface area contributed by atoms with Gasteiger partial charge in [-0.3, -0.25) is 0 Å². The van der Waals surface area contributed by atoms with Crippen molar-refractivity contribution in [1.29, 1.82) is 0 Å². The van der Waals surface area contributed by atoms with Gasteiger partial charge in [-0.2, -0.15) is 0 Å². The molecule has 0 aliphatic carbocycles. The predicted molar refractivity (Wildman–Crippen MR) is 67.9 cm³/mol. The van der Waals surface area contributed by atoms with E-state index < -0.39 is 0 Å². The molecule has 0 fully saturated rings. The number of aryl methyl sites for hydroxylation is 1. The first-order chi connectivity index (χ1) is 7.22. The molecule has 15 heavy (non-hydrogen) atoms. The first-order valence-electron chi connectivity index (χ1n) is 4.63. The van der Waals surface area contributed by atoms with E-state index in [1.165, 1.54) is 11.1 Å². The third-order valence-corrected chi connectivity index (χ3v) is 4.24. The highest BCUT2D eigenvalue weighted by molar-refractivity contribution is 9.10. The van der Waals surface area contributed by atoms with Crippen molar-refractivity contribution in [3.63, 3.8) is 0 Å². The van der Waals surface area contributed by atoms with E-state index in [-0.39, 0.29) is 0 Å². The van der Waals surface area contributed by atoms with Gasteiger partial charge in [-0.1, -0.05) is 24.3 Å². The maximum absolute atomic E-state index is 5.62. The Morgan fingerprint density at radius 3 is 2.73 bits per heavy atom. The molecular weight excluding hydrogens is 272 g/mol. The largest absolute Gasteiger partial charge is 0.326 e. The number of benzene rings is 1. The molecule has 0 aliphatic rings. The van der Waals surface area contributed by atoms with Gasteiger partial charge < -0.3 is 5.73 Å². The molecule has 2 nitrogen and oxygen atoms in total. The van der Waals surface area contributed by atoms with Crippen LogP contribution < -0.4 is 5.73 Å². The second-order valence-corrected chi connectivity index (χ2v) is 5.09. The van der Waals surface area contributed by atoms with E-state index in [1.54, 1.807) is 11.3 Å². The Balaban J connectivity index is 2.50. The fraction of sp³-hybridized carbons (Fsp3) is 0.182. The number of nitrogens with two attached hydrogens (primary N) is 1. The highest BCUT2D eigenvalue weighted by Gasteiger charge is 2.10. The van der Waals surface area contributed by atoms with Crippen LogP contribution in [0, 0.1) is 6.92 Å². The normalized spacial score (nSPS) is 10.6. The Hall–Kier alpha value is -0.710. The Labute approximate surface area is 101 Å². The van der Waals surface area contributed by atoms with Gasteiger partial charge in [0.25, 0.3) is 0 Å². The Kier molecular flexibility index (Phi) is 3.19. The maximum Gasteiger partial charge on any atom is 0.125 e. The molecule has 0 radical (unpaired) electrons. The number of aromatic nitrogens is 1. The lowest BCUT2D eigenvalue weighted by atomic mass is 10.1. The van der Waals surface area contributed by atoms with Crippen molar-refractivity contribution < 1.29 is 0 Å². The standard InChI is InChI=1S/C11H11BrN2S/c1-7-4-2-3-5-8(7)11-14-10(12)9(6-13)15-11/h2-5H,6,13H2,1H3. The summed E-state index contributed by atoms with van der Waals surface area (Å²) in [4.78, 5) is 5.56. The van der Waals surface area contributed by atoms with Gasteiger partial charge in [0.2, 0.25) is 0 Å². The van der Waals surface area contributed by atoms with Gasteiger partial charge in [0.15, 0.2) is 0 Å². The topological polar surface area (TPSA) is 38.9 Å². The van der Waals surface area contributed by atoms with Crippen LogP contribution in [0.3, 0.4) is 0 Å². The molecular formula is C11H11BrN2S. The van der Waals surface area contributed by atoms with Crippen molar-refractivity contribution in [2.45, 2.75) is 13.5 Å². The molecule has 0 amide bonds. The third kappa shape index (κ3) is 2.12. The third-order valence-electron chi connectivity index (χ3n) is 2.21. The molecule has 2 N–H and O–H groups in total. The van der Waals surface area contributed by atoms with Crippen LogP contribution in [0.5, 0.6) is 0 Å². The summed E-state index contributed by atoms with van der Waals surface area (Å²) in [6.07, 6.45) is 0. The molecule has 2 rings (SSSR count). The summed E-state index contributed by atoms with van der Waals surface area (Å²) >= 11 is 5.06. The van der Waals surface area contributed by atoms with Gasteiger partial charge in [0.05, 0.1) is 4.88 Å². The number of hydrogen-bond acceptors (Lipinski definition) is 3. The minimum atomic E-state index is 0.532. The Morgan fingerprint density at radius 2 is 2.13 bits per heavy atom. The SMILES string of the molecule is Cc1ccccc1-c1nc(Br)c(CN)s1. The number of hydrogen-bond donors (Lipinski definition) is 1.